The largest absolute Gasteiger partial charge is 0.507 e. The summed E-state index contributed by atoms with van der Waals surface area (Å²) in [4.78, 5) is 0. The third-order valence-corrected chi connectivity index (χ3v) is 2.98. The highest BCUT2D eigenvalue weighted by Gasteiger charge is 2.06. The van der Waals surface area contributed by atoms with Crippen LogP contribution in [0.15, 0.2) is 24.3 Å². The van der Waals surface area contributed by atoms with E-state index < -0.39 is 0 Å². The fraction of sp³-hybridized carbons (Fsp3) is 0.231. The van der Waals surface area contributed by atoms with Gasteiger partial charge in [-0.05, 0) is 48.9 Å². The van der Waals surface area contributed by atoms with E-state index in [-0.39, 0.29) is 0 Å². The summed E-state index contributed by atoms with van der Waals surface area (Å²) in [5.74, 6) is 0.378. The van der Waals surface area contributed by atoms with Crippen molar-refractivity contribution >= 4 is 10.8 Å². The van der Waals surface area contributed by atoms with Gasteiger partial charge in [-0.25, -0.2) is 0 Å². The second-order valence-electron chi connectivity index (χ2n) is 3.82. The minimum Gasteiger partial charge on any atom is -0.507 e. The molecule has 0 aliphatic carbocycles. The first kappa shape index (κ1) is 9.07. The molecule has 0 saturated heterocycles. The summed E-state index contributed by atoms with van der Waals surface area (Å²) in [6.07, 6.45) is 0. The first-order valence-electron chi connectivity index (χ1n) is 4.79. The van der Waals surface area contributed by atoms with E-state index in [1.165, 1.54) is 16.7 Å². The highest BCUT2D eigenvalue weighted by Crippen LogP contribution is 2.31. The molecule has 0 aliphatic rings. The van der Waals surface area contributed by atoms with E-state index in [0.717, 1.165) is 10.8 Å². The molecule has 2 aromatic carbocycles. The molecule has 0 heterocycles. The number of aryl methyl sites for hydroxylation is 2. The molecule has 72 valence electrons. The molecule has 0 unspecified atom stereocenters. The van der Waals surface area contributed by atoms with Gasteiger partial charge in [0, 0.05) is 5.39 Å². The van der Waals surface area contributed by atoms with E-state index >= 15 is 0 Å². The van der Waals surface area contributed by atoms with Crippen molar-refractivity contribution in [3.05, 3.63) is 41.0 Å². The minimum atomic E-state index is 0.378. The first-order chi connectivity index (χ1) is 6.61. The lowest BCUT2D eigenvalue weighted by Crippen LogP contribution is -1.88. The summed E-state index contributed by atoms with van der Waals surface area (Å²) < 4.78 is 0. The SMILES string of the molecule is Cc1cc2cccc(O)c2c(C)c1C. The number of phenols is 1. The van der Waals surface area contributed by atoms with Crippen LogP contribution in [0.4, 0.5) is 0 Å². The van der Waals surface area contributed by atoms with Crippen molar-refractivity contribution < 1.29 is 5.11 Å². The Morgan fingerprint density at radius 3 is 2.43 bits per heavy atom. The van der Waals surface area contributed by atoms with Crippen molar-refractivity contribution in [2.75, 3.05) is 0 Å². The zero-order valence-corrected chi connectivity index (χ0v) is 8.76. The molecule has 0 aliphatic heterocycles. The molecule has 0 spiro atoms. The fourth-order valence-electron chi connectivity index (χ4n) is 1.91. The van der Waals surface area contributed by atoms with Gasteiger partial charge in [-0.3, -0.25) is 0 Å². The summed E-state index contributed by atoms with van der Waals surface area (Å²) in [6, 6.07) is 7.78. The molecule has 0 bridgehead atoms. The van der Waals surface area contributed by atoms with Gasteiger partial charge >= 0.3 is 0 Å². The lowest BCUT2D eigenvalue weighted by Gasteiger charge is -2.10. The minimum absolute atomic E-state index is 0.378. The molecule has 0 fully saturated rings. The average Bonchev–Trinajstić information content (AvgIpc) is 2.14. The fourth-order valence-corrected chi connectivity index (χ4v) is 1.91. The third-order valence-electron chi connectivity index (χ3n) is 2.98. The van der Waals surface area contributed by atoms with Gasteiger partial charge in [0.1, 0.15) is 5.75 Å². The maximum Gasteiger partial charge on any atom is 0.123 e. The van der Waals surface area contributed by atoms with E-state index in [1.807, 2.05) is 12.1 Å². The zero-order chi connectivity index (χ0) is 10.3. The number of aromatic hydroxyl groups is 1. The predicted molar refractivity (Wildman–Crippen MR) is 59.8 cm³/mol. The van der Waals surface area contributed by atoms with Crippen molar-refractivity contribution in [1.29, 1.82) is 0 Å². The van der Waals surface area contributed by atoms with Crippen molar-refractivity contribution in [2.24, 2.45) is 0 Å². The Hall–Kier alpha value is -1.50. The van der Waals surface area contributed by atoms with E-state index in [9.17, 15) is 5.11 Å². The molecule has 0 saturated carbocycles. The highest BCUT2D eigenvalue weighted by molar-refractivity contribution is 5.92. The molecule has 1 N–H and O–H groups in total. The number of rotatable bonds is 0. The predicted octanol–water partition coefficient (Wildman–Crippen LogP) is 3.47. The second-order valence-corrected chi connectivity index (χ2v) is 3.82. The van der Waals surface area contributed by atoms with Gasteiger partial charge < -0.3 is 5.11 Å². The molecule has 2 aromatic rings. The summed E-state index contributed by atoms with van der Waals surface area (Å²) in [6.45, 7) is 6.26. The van der Waals surface area contributed by atoms with Gasteiger partial charge in [-0.1, -0.05) is 18.2 Å². The Balaban J connectivity index is 2.99. The lowest BCUT2D eigenvalue weighted by atomic mass is 9.96. The van der Waals surface area contributed by atoms with Gasteiger partial charge in [-0.2, -0.15) is 0 Å². The number of phenolic OH excluding ortho intramolecular Hbond substituents is 1. The smallest absolute Gasteiger partial charge is 0.123 e. The Morgan fingerprint density at radius 2 is 1.71 bits per heavy atom. The van der Waals surface area contributed by atoms with Crippen LogP contribution in [0.1, 0.15) is 16.7 Å². The van der Waals surface area contributed by atoms with E-state index in [2.05, 4.69) is 26.8 Å². The van der Waals surface area contributed by atoms with E-state index in [0.29, 0.717) is 5.75 Å². The second kappa shape index (κ2) is 3.02. The monoisotopic (exact) mass is 186 g/mol. The first-order valence-corrected chi connectivity index (χ1v) is 4.79. The molecular weight excluding hydrogens is 172 g/mol. The Bertz CT molecular complexity index is 498. The molecule has 14 heavy (non-hydrogen) atoms. The van der Waals surface area contributed by atoms with Gasteiger partial charge in [0.2, 0.25) is 0 Å². The Morgan fingerprint density at radius 1 is 1.00 bits per heavy atom. The number of hydrogen-bond acceptors (Lipinski definition) is 1. The standard InChI is InChI=1S/C13H14O/c1-8-7-11-5-4-6-12(14)13(11)10(3)9(8)2/h4-7,14H,1-3H3. The summed E-state index contributed by atoms with van der Waals surface area (Å²) in [7, 11) is 0. The molecule has 0 atom stereocenters. The summed E-state index contributed by atoms with van der Waals surface area (Å²) in [5.41, 5.74) is 3.72. The molecule has 2 rings (SSSR count). The topological polar surface area (TPSA) is 20.2 Å². The Labute approximate surface area is 84.0 Å². The van der Waals surface area contributed by atoms with E-state index in [1.54, 1.807) is 6.07 Å². The van der Waals surface area contributed by atoms with Crippen LogP contribution in [0.25, 0.3) is 10.8 Å². The summed E-state index contributed by atoms with van der Waals surface area (Å²) in [5, 5.41) is 11.9. The number of fused-ring (bicyclic) bond motifs is 1. The zero-order valence-electron chi connectivity index (χ0n) is 8.76. The van der Waals surface area contributed by atoms with Gasteiger partial charge in [0.15, 0.2) is 0 Å². The molecular formula is C13H14O. The molecule has 1 heteroatoms. The van der Waals surface area contributed by atoms with Crippen LogP contribution in [0.3, 0.4) is 0 Å². The molecule has 1 nitrogen and oxygen atoms in total. The molecule has 0 radical (unpaired) electrons. The van der Waals surface area contributed by atoms with Crippen LogP contribution in [0.5, 0.6) is 5.75 Å². The van der Waals surface area contributed by atoms with Crippen LogP contribution < -0.4 is 0 Å². The van der Waals surface area contributed by atoms with Gasteiger partial charge in [0.05, 0.1) is 0 Å². The van der Waals surface area contributed by atoms with Crippen LogP contribution in [-0.4, -0.2) is 5.11 Å². The normalized spacial score (nSPS) is 10.8. The quantitative estimate of drug-likeness (QED) is 0.668. The molecule has 0 amide bonds. The van der Waals surface area contributed by atoms with Crippen molar-refractivity contribution in [2.45, 2.75) is 20.8 Å². The summed E-state index contributed by atoms with van der Waals surface area (Å²) >= 11 is 0. The number of hydrogen-bond donors (Lipinski definition) is 1. The van der Waals surface area contributed by atoms with Crippen LogP contribution in [0, 0.1) is 20.8 Å². The maximum atomic E-state index is 9.77. The highest BCUT2D eigenvalue weighted by atomic mass is 16.3. The van der Waals surface area contributed by atoms with Crippen LogP contribution in [-0.2, 0) is 0 Å². The lowest BCUT2D eigenvalue weighted by molar-refractivity contribution is 0.481. The van der Waals surface area contributed by atoms with Crippen molar-refractivity contribution in [3.8, 4) is 5.75 Å². The Kier molecular flexibility index (Phi) is 1.95. The third kappa shape index (κ3) is 1.17. The van der Waals surface area contributed by atoms with Crippen LogP contribution in [0.2, 0.25) is 0 Å². The van der Waals surface area contributed by atoms with Crippen molar-refractivity contribution in [1.82, 2.24) is 0 Å². The van der Waals surface area contributed by atoms with Crippen molar-refractivity contribution in [3.63, 3.8) is 0 Å². The average molecular weight is 186 g/mol. The maximum absolute atomic E-state index is 9.77. The van der Waals surface area contributed by atoms with Gasteiger partial charge in [0.25, 0.3) is 0 Å². The number of benzene rings is 2. The van der Waals surface area contributed by atoms with Gasteiger partial charge in [-0.15, -0.1) is 0 Å². The van der Waals surface area contributed by atoms with E-state index in [4.69, 9.17) is 0 Å². The van der Waals surface area contributed by atoms with Crippen LogP contribution >= 0.6 is 0 Å². The molecule has 0 aromatic heterocycles.